The van der Waals surface area contributed by atoms with Gasteiger partial charge in [-0.3, -0.25) is 9.48 Å². The van der Waals surface area contributed by atoms with Crippen LogP contribution in [0.25, 0.3) is 5.69 Å². The predicted octanol–water partition coefficient (Wildman–Crippen LogP) is 2.87. The maximum Gasteiger partial charge on any atom is 0.244 e. The Balaban J connectivity index is 0.00000300. The summed E-state index contributed by atoms with van der Waals surface area (Å²) >= 11 is 0. The van der Waals surface area contributed by atoms with Crippen molar-refractivity contribution in [2.24, 2.45) is 7.05 Å². The largest absolute Gasteiger partial charge is 0.340 e. The molecule has 0 fully saturated rings. The van der Waals surface area contributed by atoms with Gasteiger partial charge in [0.05, 0.1) is 17.6 Å². The number of nitrogens with one attached hydrogen (secondary N) is 1. The number of likely N-dealkylation sites (N-methyl/N-ethyl adjacent to an activating group) is 2. The summed E-state index contributed by atoms with van der Waals surface area (Å²) in [5.41, 5.74) is 6.13. The van der Waals surface area contributed by atoms with E-state index < -0.39 is 6.04 Å². The summed E-state index contributed by atoms with van der Waals surface area (Å²) in [6.45, 7) is 6.62. The number of benzene rings is 1. The molecule has 0 aliphatic heterocycles. The third kappa shape index (κ3) is 4.52. The number of hydrogen-bond acceptors (Lipinski definition) is 4. The Kier molecular flexibility index (Phi) is 7.21. The number of halogens is 1. The normalized spacial score (nSPS) is 11.8. The van der Waals surface area contributed by atoms with E-state index in [4.69, 9.17) is 5.10 Å². The summed E-state index contributed by atoms with van der Waals surface area (Å²) in [6.07, 6.45) is 3.58. The zero-order valence-electron chi connectivity index (χ0n) is 17.8. The summed E-state index contributed by atoms with van der Waals surface area (Å²) in [7, 11) is 5.46. The highest BCUT2D eigenvalue weighted by atomic mass is 35.5. The Labute approximate surface area is 178 Å². The lowest BCUT2D eigenvalue weighted by Crippen LogP contribution is -2.37. The van der Waals surface area contributed by atoms with Crippen LogP contribution in [0.2, 0.25) is 0 Å². The molecule has 0 saturated carbocycles. The quantitative estimate of drug-likeness (QED) is 0.670. The van der Waals surface area contributed by atoms with Gasteiger partial charge >= 0.3 is 0 Å². The number of aryl methyl sites for hydroxylation is 3. The molecule has 1 atom stereocenters. The Hall–Kier alpha value is -2.64. The summed E-state index contributed by atoms with van der Waals surface area (Å²) in [5.74, 6) is -0.00191. The number of carbonyl (C=O) groups is 1. The summed E-state index contributed by atoms with van der Waals surface area (Å²) in [4.78, 5) is 14.8. The van der Waals surface area contributed by atoms with E-state index in [0.29, 0.717) is 6.54 Å². The molecule has 8 heteroatoms. The zero-order valence-corrected chi connectivity index (χ0v) is 18.6. The molecule has 3 aromatic rings. The number of amides is 1. The maximum absolute atomic E-state index is 13.0. The number of rotatable bonds is 6. The molecule has 2 heterocycles. The highest BCUT2D eigenvalue weighted by Crippen LogP contribution is 2.22. The van der Waals surface area contributed by atoms with E-state index in [1.807, 2.05) is 44.0 Å². The molecule has 0 spiro atoms. The minimum absolute atomic E-state index is 0. The predicted molar refractivity (Wildman–Crippen MR) is 117 cm³/mol. The van der Waals surface area contributed by atoms with Crippen molar-refractivity contribution in [3.63, 3.8) is 0 Å². The van der Waals surface area contributed by atoms with Gasteiger partial charge < -0.3 is 10.2 Å². The van der Waals surface area contributed by atoms with Gasteiger partial charge in [-0.25, -0.2) is 4.68 Å². The molecular formula is C21H29ClN6O. The third-order valence-corrected chi connectivity index (χ3v) is 5.15. The first-order valence-corrected chi connectivity index (χ1v) is 9.35. The van der Waals surface area contributed by atoms with Crippen LogP contribution in [0.4, 0.5) is 0 Å². The Bertz CT molecular complexity index is 993. The average molecular weight is 417 g/mol. The molecule has 0 radical (unpaired) electrons. The smallest absolute Gasteiger partial charge is 0.244 e. The fourth-order valence-corrected chi connectivity index (χ4v) is 3.50. The van der Waals surface area contributed by atoms with Gasteiger partial charge in [0.2, 0.25) is 5.91 Å². The number of hydrogen-bond donors (Lipinski definition) is 1. The molecule has 3 rings (SSSR count). The molecule has 7 nitrogen and oxygen atoms in total. The second-order valence-electron chi connectivity index (χ2n) is 7.21. The maximum atomic E-state index is 13.0. The van der Waals surface area contributed by atoms with Crippen LogP contribution in [0.15, 0.2) is 36.7 Å². The summed E-state index contributed by atoms with van der Waals surface area (Å²) in [6, 6.07) is 7.75. The van der Waals surface area contributed by atoms with Gasteiger partial charge in [-0.1, -0.05) is 18.2 Å². The Morgan fingerprint density at radius 1 is 1.24 bits per heavy atom. The molecule has 0 bridgehead atoms. The number of aromatic nitrogens is 4. The van der Waals surface area contributed by atoms with Gasteiger partial charge in [0.25, 0.3) is 0 Å². The Morgan fingerprint density at radius 2 is 1.93 bits per heavy atom. The average Bonchev–Trinajstić information content (AvgIpc) is 3.21. The minimum atomic E-state index is -0.425. The van der Waals surface area contributed by atoms with E-state index in [1.54, 1.807) is 22.8 Å². The van der Waals surface area contributed by atoms with Gasteiger partial charge in [0.15, 0.2) is 0 Å². The van der Waals surface area contributed by atoms with Crippen molar-refractivity contribution in [3.05, 3.63) is 64.7 Å². The lowest BCUT2D eigenvalue weighted by atomic mass is 10.1. The van der Waals surface area contributed by atoms with Crippen LogP contribution < -0.4 is 5.32 Å². The van der Waals surface area contributed by atoms with Gasteiger partial charge in [-0.2, -0.15) is 10.2 Å². The summed E-state index contributed by atoms with van der Waals surface area (Å²) in [5, 5.41) is 12.0. The number of nitrogens with zero attached hydrogens (tertiary/aromatic N) is 5. The van der Waals surface area contributed by atoms with E-state index in [1.165, 1.54) is 0 Å². The number of para-hydroxylation sites is 1. The van der Waals surface area contributed by atoms with Crippen molar-refractivity contribution < 1.29 is 4.79 Å². The van der Waals surface area contributed by atoms with Crippen LogP contribution in [0.1, 0.15) is 34.1 Å². The fraction of sp³-hybridized carbons (Fsp3) is 0.381. The lowest BCUT2D eigenvalue weighted by molar-refractivity contribution is -0.132. The zero-order chi connectivity index (χ0) is 20.4. The van der Waals surface area contributed by atoms with Crippen molar-refractivity contribution in [2.75, 3.05) is 14.1 Å². The second kappa shape index (κ2) is 9.24. The standard InChI is InChI=1S/C21H28N6O.ClH/c1-14-9-7-8-10-19(14)27-16(3)18(15(2)24-27)13-25(5)21(28)20(22-4)17-11-23-26(6)12-17;/h7-12,20,22H,13H2,1-6H3;1H. The van der Waals surface area contributed by atoms with E-state index in [0.717, 1.165) is 33.8 Å². The first kappa shape index (κ1) is 22.6. The first-order valence-electron chi connectivity index (χ1n) is 9.35. The van der Waals surface area contributed by atoms with E-state index in [2.05, 4.69) is 36.4 Å². The molecular weight excluding hydrogens is 388 g/mol. The first-order chi connectivity index (χ1) is 13.3. The molecule has 0 saturated heterocycles. The monoisotopic (exact) mass is 416 g/mol. The van der Waals surface area contributed by atoms with Crippen LogP contribution >= 0.6 is 12.4 Å². The van der Waals surface area contributed by atoms with Crippen LogP contribution in [-0.2, 0) is 18.4 Å². The molecule has 2 aromatic heterocycles. The highest BCUT2D eigenvalue weighted by Gasteiger charge is 2.25. The molecule has 156 valence electrons. The van der Waals surface area contributed by atoms with Gasteiger partial charge in [-0.05, 0) is 39.4 Å². The van der Waals surface area contributed by atoms with Crippen molar-refractivity contribution in [1.82, 2.24) is 29.8 Å². The molecule has 1 amide bonds. The van der Waals surface area contributed by atoms with Crippen LogP contribution in [-0.4, -0.2) is 44.5 Å². The van der Waals surface area contributed by atoms with Gasteiger partial charge in [0.1, 0.15) is 6.04 Å². The second-order valence-corrected chi connectivity index (χ2v) is 7.21. The van der Waals surface area contributed by atoms with Crippen LogP contribution in [0, 0.1) is 20.8 Å². The highest BCUT2D eigenvalue weighted by molar-refractivity contribution is 5.85. The lowest BCUT2D eigenvalue weighted by Gasteiger charge is -2.23. The van der Waals surface area contributed by atoms with Crippen LogP contribution in [0.5, 0.6) is 0 Å². The van der Waals surface area contributed by atoms with E-state index >= 15 is 0 Å². The molecule has 0 aliphatic carbocycles. The topological polar surface area (TPSA) is 68.0 Å². The number of carbonyl (C=O) groups excluding carboxylic acids is 1. The van der Waals surface area contributed by atoms with E-state index in [-0.39, 0.29) is 18.3 Å². The van der Waals surface area contributed by atoms with Crippen molar-refractivity contribution in [3.8, 4) is 5.69 Å². The molecule has 0 aliphatic rings. The molecule has 29 heavy (non-hydrogen) atoms. The van der Waals surface area contributed by atoms with Crippen LogP contribution in [0.3, 0.4) is 0 Å². The Morgan fingerprint density at radius 3 is 2.52 bits per heavy atom. The SMILES string of the molecule is CNC(C(=O)N(C)Cc1c(C)nn(-c2ccccc2C)c1C)c1cnn(C)c1.Cl. The van der Waals surface area contributed by atoms with Crippen molar-refractivity contribution in [1.29, 1.82) is 0 Å². The molecule has 1 aromatic carbocycles. The summed E-state index contributed by atoms with van der Waals surface area (Å²) < 4.78 is 3.67. The third-order valence-electron chi connectivity index (χ3n) is 5.15. The van der Waals surface area contributed by atoms with Gasteiger partial charge in [-0.15, -0.1) is 12.4 Å². The van der Waals surface area contributed by atoms with Crippen molar-refractivity contribution in [2.45, 2.75) is 33.4 Å². The minimum Gasteiger partial charge on any atom is -0.340 e. The molecule has 1 N–H and O–H groups in total. The van der Waals surface area contributed by atoms with Gasteiger partial charge in [0, 0.05) is 43.7 Å². The molecule has 1 unspecified atom stereocenters. The van der Waals surface area contributed by atoms with Crippen molar-refractivity contribution >= 4 is 18.3 Å². The fourth-order valence-electron chi connectivity index (χ4n) is 3.50. The van der Waals surface area contributed by atoms with E-state index in [9.17, 15) is 4.79 Å².